The summed E-state index contributed by atoms with van der Waals surface area (Å²) >= 11 is 13.2. The van der Waals surface area contributed by atoms with Crippen LogP contribution in [0.4, 0.5) is 0 Å². The topological polar surface area (TPSA) is 17.1 Å². The van der Waals surface area contributed by atoms with Gasteiger partial charge >= 0.3 is 0 Å². The summed E-state index contributed by atoms with van der Waals surface area (Å²) in [6.45, 7) is 4.10. The molecule has 0 radical (unpaired) electrons. The van der Waals surface area contributed by atoms with Crippen molar-refractivity contribution in [3.63, 3.8) is 0 Å². The van der Waals surface area contributed by atoms with Crippen molar-refractivity contribution < 1.29 is 4.79 Å². The smallest absolute Gasteiger partial charge is 0.197 e. The van der Waals surface area contributed by atoms with Crippen LogP contribution in [0.15, 0.2) is 0 Å². The molecule has 0 bridgehead atoms. The number of carbonyl (C=O) groups excluding carboxylic acids is 1. The SMILES string of the molecule is CCCCCCCCCCCCC(C)(C(=O)S)C(=S)S. The van der Waals surface area contributed by atoms with Gasteiger partial charge in [0.05, 0.1) is 9.61 Å². The Labute approximate surface area is 141 Å². The zero-order valence-electron chi connectivity index (χ0n) is 13.0. The number of thiocarbonyl (C=S) groups is 1. The van der Waals surface area contributed by atoms with Crippen LogP contribution in [-0.4, -0.2) is 9.31 Å². The maximum absolute atomic E-state index is 11.5. The van der Waals surface area contributed by atoms with Crippen LogP contribution >= 0.6 is 37.5 Å². The van der Waals surface area contributed by atoms with Crippen LogP contribution in [0.25, 0.3) is 0 Å². The first-order chi connectivity index (χ1) is 9.45. The quantitative estimate of drug-likeness (QED) is 0.244. The van der Waals surface area contributed by atoms with Gasteiger partial charge in [0.25, 0.3) is 0 Å². The predicted molar refractivity (Wildman–Crippen MR) is 100 cm³/mol. The van der Waals surface area contributed by atoms with Crippen molar-refractivity contribution in [1.29, 1.82) is 0 Å². The fourth-order valence-corrected chi connectivity index (χ4v) is 3.07. The van der Waals surface area contributed by atoms with Gasteiger partial charge in [0.2, 0.25) is 0 Å². The Kier molecular flexibility index (Phi) is 12.3. The van der Waals surface area contributed by atoms with E-state index in [9.17, 15) is 4.79 Å². The van der Waals surface area contributed by atoms with Gasteiger partial charge in [-0.1, -0.05) is 83.3 Å². The van der Waals surface area contributed by atoms with E-state index in [0.29, 0.717) is 4.20 Å². The zero-order chi connectivity index (χ0) is 15.4. The Morgan fingerprint density at radius 1 is 0.900 bits per heavy atom. The van der Waals surface area contributed by atoms with Gasteiger partial charge < -0.3 is 0 Å². The third-order valence-corrected chi connectivity index (χ3v) is 5.41. The van der Waals surface area contributed by atoms with E-state index in [4.69, 9.17) is 12.2 Å². The van der Waals surface area contributed by atoms with Gasteiger partial charge in [0.15, 0.2) is 5.12 Å². The Balaban J connectivity index is 3.56. The largest absolute Gasteiger partial charge is 0.286 e. The molecule has 0 aliphatic carbocycles. The average molecular weight is 335 g/mol. The summed E-state index contributed by atoms with van der Waals surface area (Å²) in [4.78, 5) is 11.5. The molecule has 118 valence electrons. The molecule has 0 aliphatic rings. The summed E-state index contributed by atoms with van der Waals surface area (Å²) in [5.41, 5.74) is -0.637. The summed E-state index contributed by atoms with van der Waals surface area (Å²) in [6, 6.07) is 0. The summed E-state index contributed by atoms with van der Waals surface area (Å²) in [6.07, 6.45) is 13.7. The zero-order valence-corrected chi connectivity index (χ0v) is 15.6. The molecule has 0 amide bonds. The Morgan fingerprint density at radius 3 is 1.65 bits per heavy atom. The molecule has 0 aromatic carbocycles. The number of rotatable bonds is 13. The molecule has 0 heterocycles. The molecule has 1 atom stereocenters. The molecule has 1 nitrogen and oxygen atoms in total. The molecule has 20 heavy (non-hydrogen) atoms. The van der Waals surface area contributed by atoms with Crippen molar-refractivity contribution in [2.45, 2.75) is 84.5 Å². The second-order valence-electron chi connectivity index (χ2n) is 5.87. The standard InChI is InChI=1S/C16H30OS3/c1-3-4-5-6-7-8-9-10-11-12-13-16(2,14(17)18)15(19)20/h3-13H2,1-2H3,(H,17,18)(H,19,20). The Bertz CT molecular complexity index is 275. The maximum Gasteiger partial charge on any atom is 0.197 e. The molecule has 0 spiro atoms. The van der Waals surface area contributed by atoms with E-state index >= 15 is 0 Å². The van der Waals surface area contributed by atoms with Crippen molar-refractivity contribution in [3.05, 3.63) is 0 Å². The molecule has 0 aromatic heterocycles. The number of thiol groups is 2. The van der Waals surface area contributed by atoms with Gasteiger partial charge in [-0.3, -0.25) is 4.79 Å². The average Bonchev–Trinajstić information content (AvgIpc) is 2.40. The van der Waals surface area contributed by atoms with Crippen molar-refractivity contribution in [2.24, 2.45) is 5.41 Å². The van der Waals surface area contributed by atoms with Crippen LogP contribution in [-0.2, 0) is 4.79 Å². The molecule has 0 saturated heterocycles. The Hall–Kier alpha value is 0.460. The minimum Gasteiger partial charge on any atom is -0.286 e. The first-order valence-electron chi connectivity index (χ1n) is 7.92. The van der Waals surface area contributed by atoms with Crippen LogP contribution < -0.4 is 0 Å². The highest BCUT2D eigenvalue weighted by molar-refractivity contribution is 8.11. The van der Waals surface area contributed by atoms with Crippen LogP contribution in [0.3, 0.4) is 0 Å². The molecular weight excluding hydrogens is 304 g/mol. The van der Waals surface area contributed by atoms with Crippen LogP contribution in [0.2, 0.25) is 0 Å². The number of hydrogen-bond donors (Lipinski definition) is 2. The molecule has 0 saturated carbocycles. The first kappa shape index (κ1) is 20.5. The van der Waals surface area contributed by atoms with Crippen molar-refractivity contribution in [2.75, 3.05) is 0 Å². The number of carbonyl (C=O) groups is 1. The fraction of sp³-hybridized carbons (Fsp3) is 0.875. The van der Waals surface area contributed by atoms with E-state index in [0.717, 1.165) is 12.8 Å². The number of unbranched alkanes of at least 4 members (excludes halogenated alkanes) is 9. The third kappa shape index (κ3) is 8.68. The van der Waals surface area contributed by atoms with E-state index in [1.807, 2.05) is 6.92 Å². The molecule has 0 aromatic rings. The van der Waals surface area contributed by atoms with E-state index in [1.165, 1.54) is 57.8 Å². The molecule has 1 unspecified atom stereocenters. The maximum atomic E-state index is 11.5. The highest BCUT2D eigenvalue weighted by Gasteiger charge is 2.33. The Morgan fingerprint density at radius 2 is 1.30 bits per heavy atom. The van der Waals surface area contributed by atoms with Gasteiger partial charge in [0, 0.05) is 0 Å². The minimum atomic E-state index is -0.637. The molecule has 0 fully saturated rings. The molecular formula is C16H30OS3. The lowest BCUT2D eigenvalue weighted by atomic mass is 9.87. The van der Waals surface area contributed by atoms with Gasteiger partial charge in [-0.2, -0.15) is 0 Å². The molecule has 0 aliphatic heterocycles. The second-order valence-corrected chi connectivity index (χ2v) is 7.44. The predicted octanol–water partition coefficient (Wildman–Crippen LogP) is 6.02. The van der Waals surface area contributed by atoms with Crippen LogP contribution in [0, 0.1) is 5.41 Å². The van der Waals surface area contributed by atoms with E-state index in [2.05, 4.69) is 32.2 Å². The van der Waals surface area contributed by atoms with E-state index in [-0.39, 0.29) is 5.12 Å². The minimum absolute atomic E-state index is 0.159. The highest BCUT2D eigenvalue weighted by atomic mass is 32.1. The second kappa shape index (κ2) is 12.0. The first-order valence-corrected chi connectivity index (χ1v) is 9.22. The van der Waals surface area contributed by atoms with Gasteiger partial charge in [-0.05, 0) is 13.3 Å². The van der Waals surface area contributed by atoms with Crippen LogP contribution in [0.1, 0.15) is 84.5 Å². The molecule has 0 rings (SSSR count). The lowest BCUT2D eigenvalue weighted by Gasteiger charge is -2.24. The molecule has 4 heteroatoms. The monoisotopic (exact) mass is 334 g/mol. The summed E-state index contributed by atoms with van der Waals surface area (Å²) in [7, 11) is 0. The van der Waals surface area contributed by atoms with E-state index < -0.39 is 5.41 Å². The summed E-state index contributed by atoms with van der Waals surface area (Å²) in [5, 5.41) is -0.159. The summed E-state index contributed by atoms with van der Waals surface area (Å²) in [5.74, 6) is 0. The molecule has 0 N–H and O–H groups in total. The normalized spacial score (nSPS) is 14.0. The summed E-state index contributed by atoms with van der Waals surface area (Å²) < 4.78 is 0.466. The fourth-order valence-electron chi connectivity index (χ4n) is 2.27. The van der Waals surface area contributed by atoms with Gasteiger partial charge in [-0.25, -0.2) is 0 Å². The van der Waals surface area contributed by atoms with Gasteiger partial charge in [-0.15, -0.1) is 25.3 Å². The van der Waals surface area contributed by atoms with Gasteiger partial charge in [0.1, 0.15) is 0 Å². The van der Waals surface area contributed by atoms with Crippen molar-refractivity contribution >= 4 is 46.8 Å². The van der Waals surface area contributed by atoms with Crippen molar-refractivity contribution in [3.8, 4) is 0 Å². The van der Waals surface area contributed by atoms with Crippen molar-refractivity contribution in [1.82, 2.24) is 0 Å². The highest BCUT2D eigenvalue weighted by Crippen LogP contribution is 2.31. The van der Waals surface area contributed by atoms with Crippen LogP contribution in [0.5, 0.6) is 0 Å². The lowest BCUT2D eigenvalue weighted by molar-refractivity contribution is -0.115. The lowest BCUT2D eigenvalue weighted by Crippen LogP contribution is -2.29. The van der Waals surface area contributed by atoms with E-state index in [1.54, 1.807) is 0 Å². The third-order valence-electron chi connectivity index (χ3n) is 3.97. The number of hydrogen-bond acceptors (Lipinski definition) is 2.